The molecule has 8 nitrogen and oxygen atoms in total. The molecule has 1 aliphatic rings. The van der Waals surface area contributed by atoms with E-state index in [1.54, 1.807) is 13.0 Å². The average molecular weight is 261 g/mol. The number of nitrogens with one attached hydrogen (secondary N) is 2. The van der Waals surface area contributed by atoms with Gasteiger partial charge in [-0.1, -0.05) is 5.21 Å². The molecule has 1 aliphatic carbocycles. The highest BCUT2D eigenvalue weighted by Gasteiger charge is 2.28. The van der Waals surface area contributed by atoms with Crippen LogP contribution in [-0.2, 0) is 0 Å². The predicted molar refractivity (Wildman–Crippen MR) is 67.2 cm³/mol. The molecule has 1 amide bonds. The molecule has 0 saturated heterocycles. The summed E-state index contributed by atoms with van der Waals surface area (Å²) in [4.78, 5) is 12.2. The van der Waals surface area contributed by atoms with E-state index in [2.05, 4.69) is 25.9 Å². The first-order valence-electron chi connectivity index (χ1n) is 6.16. The zero-order chi connectivity index (χ0) is 13.4. The number of nitrogens with two attached hydrogens (primary N) is 1. The number of tetrazole rings is 1. The number of carbonyl (C=O) groups excluding carboxylic acids is 1. The third-order valence-corrected chi connectivity index (χ3v) is 3.14. The fourth-order valence-corrected chi connectivity index (χ4v) is 2.03. The zero-order valence-corrected chi connectivity index (χ0v) is 10.5. The molecule has 0 aliphatic heterocycles. The molecule has 100 valence electrons. The van der Waals surface area contributed by atoms with Gasteiger partial charge >= 0.3 is 0 Å². The maximum absolute atomic E-state index is 12.2. The van der Waals surface area contributed by atoms with Crippen LogP contribution >= 0.6 is 0 Å². The molecular formula is C11H15N7O. The molecule has 2 heterocycles. The lowest BCUT2D eigenvalue weighted by Gasteiger charge is -2.11. The third kappa shape index (κ3) is 2.28. The van der Waals surface area contributed by atoms with Crippen molar-refractivity contribution in [2.75, 3.05) is 5.73 Å². The normalized spacial score (nSPS) is 16.3. The summed E-state index contributed by atoms with van der Waals surface area (Å²) >= 11 is 0. The van der Waals surface area contributed by atoms with Crippen LogP contribution in [0.3, 0.4) is 0 Å². The Morgan fingerprint density at radius 2 is 2.42 bits per heavy atom. The monoisotopic (exact) mass is 261 g/mol. The minimum Gasteiger partial charge on any atom is -0.397 e. The summed E-state index contributed by atoms with van der Waals surface area (Å²) in [5.41, 5.74) is 6.95. The average Bonchev–Trinajstić information content (AvgIpc) is 2.91. The van der Waals surface area contributed by atoms with Crippen molar-refractivity contribution >= 4 is 11.6 Å². The Bertz CT molecular complexity index is 584. The van der Waals surface area contributed by atoms with Gasteiger partial charge in [-0.05, 0) is 25.8 Å². The largest absolute Gasteiger partial charge is 0.397 e. The Labute approximate surface area is 109 Å². The zero-order valence-electron chi connectivity index (χ0n) is 10.5. The van der Waals surface area contributed by atoms with Gasteiger partial charge in [0.2, 0.25) is 0 Å². The number of amides is 1. The van der Waals surface area contributed by atoms with Crippen molar-refractivity contribution in [3.8, 4) is 0 Å². The SMILES string of the molecule is CC(NC(=O)c1cc(N)cn1C1CC1)c1nn[nH]n1. The van der Waals surface area contributed by atoms with Gasteiger partial charge in [0.15, 0.2) is 5.82 Å². The Morgan fingerprint density at radius 1 is 1.63 bits per heavy atom. The maximum atomic E-state index is 12.2. The van der Waals surface area contributed by atoms with E-state index < -0.39 is 0 Å². The van der Waals surface area contributed by atoms with Gasteiger partial charge in [-0.3, -0.25) is 4.79 Å². The number of aromatic amines is 1. The quantitative estimate of drug-likeness (QED) is 0.737. The molecule has 2 aromatic heterocycles. The highest BCUT2D eigenvalue weighted by atomic mass is 16.2. The summed E-state index contributed by atoms with van der Waals surface area (Å²) in [5.74, 6) is 0.270. The minimum atomic E-state index is -0.310. The summed E-state index contributed by atoms with van der Waals surface area (Å²) in [6.07, 6.45) is 4.00. The van der Waals surface area contributed by atoms with E-state index >= 15 is 0 Å². The van der Waals surface area contributed by atoms with Crippen molar-refractivity contribution in [2.45, 2.75) is 31.8 Å². The molecule has 1 saturated carbocycles. The molecule has 1 fully saturated rings. The Balaban J connectivity index is 1.77. The van der Waals surface area contributed by atoms with Crippen LogP contribution in [0.1, 0.15) is 48.2 Å². The number of carbonyl (C=O) groups is 1. The lowest BCUT2D eigenvalue weighted by molar-refractivity contribution is 0.0928. The number of H-pyrrole nitrogens is 1. The number of nitrogen functional groups attached to an aromatic ring is 1. The van der Waals surface area contributed by atoms with Crippen molar-refractivity contribution in [1.82, 2.24) is 30.5 Å². The number of hydrogen-bond acceptors (Lipinski definition) is 5. The number of nitrogens with zero attached hydrogens (tertiary/aromatic N) is 4. The van der Waals surface area contributed by atoms with Gasteiger partial charge < -0.3 is 15.6 Å². The number of anilines is 1. The van der Waals surface area contributed by atoms with E-state index in [0.29, 0.717) is 23.2 Å². The van der Waals surface area contributed by atoms with Crippen LogP contribution in [0.25, 0.3) is 0 Å². The highest BCUT2D eigenvalue weighted by Crippen LogP contribution is 2.37. The summed E-state index contributed by atoms with van der Waals surface area (Å²) in [6.45, 7) is 1.80. The van der Waals surface area contributed by atoms with Crippen LogP contribution in [0.5, 0.6) is 0 Å². The standard InChI is InChI=1S/C11H15N7O/c1-6(10-14-16-17-15-10)13-11(19)9-4-7(12)5-18(9)8-2-3-8/h4-6,8H,2-3,12H2,1H3,(H,13,19)(H,14,15,16,17). The molecule has 1 unspecified atom stereocenters. The van der Waals surface area contributed by atoms with Gasteiger partial charge in [-0.25, -0.2) is 0 Å². The summed E-state index contributed by atoms with van der Waals surface area (Å²) in [6, 6.07) is 1.78. The fourth-order valence-electron chi connectivity index (χ4n) is 2.03. The van der Waals surface area contributed by atoms with Gasteiger partial charge in [0.05, 0.1) is 11.7 Å². The molecule has 0 radical (unpaired) electrons. The molecule has 0 bridgehead atoms. The van der Waals surface area contributed by atoms with Crippen LogP contribution < -0.4 is 11.1 Å². The summed E-state index contributed by atoms with van der Waals surface area (Å²) in [7, 11) is 0. The van der Waals surface area contributed by atoms with Gasteiger partial charge in [0.25, 0.3) is 5.91 Å². The Kier molecular flexibility index (Phi) is 2.69. The second-order valence-corrected chi connectivity index (χ2v) is 4.76. The Hall–Kier alpha value is -2.38. The van der Waals surface area contributed by atoms with Crippen LogP contribution in [-0.4, -0.2) is 31.1 Å². The summed E-state index contributed by atoms with van der Waals surface area (Å²) < 4.78 is 1.94. The summed E-state index contributed by atoms with van der Waals surface area (Å²) in [5, 5.41) is 16.4. The minimum absolute atomic E-state index is 0.180. The molecule has 0 spiro atoms. The molecule has 19 heavy (non-hydrogen) atoms. The molecule has 8 heteroatoms. The molecule has 1 atom stereocenters. The first kappa shape index (κ1) is 11.7. The highest BCUT2D eigenvalue weighted by molar-refractivity contribution is 5.94. The number of aromatic nitrogens is 5. The van der Waals surface area contributed by atoms with Crippen molar-refractivity contribution in [3.63, 3.8) is 0 Å². The first-order valence-corrected chi connectivity index (χ1v) is 6.16. The smallest absolute Gasteiger partial charge is 0.268 e. The second-order valence-electron chi connectivity index (χ2n) is 4.76. The molecular weight excluding hydrogens is 246 g/mol. The van der Waals surface area contributed by atoms with Gasteiger partial charge in [-0.2, -0.15) is 5.21 Å². The molecule has 3 rings (SSSR count). The van der Waals surface area contributed by atoms with Crippen LogP contribution in [0.2, 0.25) is 0 Å². The van der Waals surface area contributed by atoms with E-state index in [9.17, 15) is 4.79 Å². The topological polar surface area (TPSA) is 115 Å². The second kappa shape index (κ2) is 4.38. The molecule has 0 aromatic carbocycles. The van der Waals surface area contributed by atoms with Crippen molar-refractivity contribution in [3.05, 3.63) is 23.8 Å². The van der Waals surface area contributed by atoms with E-state index in [1.807, 2.05) is 10.8 Å². The van der Waals surface area contributed by atoms with E-state index in [0.717, 1.165) is 12.8 Å². The Morgan fingerprint density at radius 3 is 3.05 bits per heavy atom. The van der Waals surface area contributed by atoms with Crippen molar-refractivity contribution < 1.29 is 4.79 Å². The lowest BCUT2D eigenvalue weighted by atomic mass is 10.3. The van der Waals surface area contributed by atoms with Gasteiger partial charge in [0.1, 0.15) is 5.69 Å². The van der Waals surface area contributed by atoms with Gasteiger partial charge in [-0.15, -0.1) is 10.2 Å². The van der Waals surface area contributed by atoms with Crippen LogP contribution in [0, 0.1) is 0 Å². The lowest BCUT2D eigenvalue weighted by Crippen LogP contribution is -2.29. The van der Waals surface area contributed by atoms with Crippen LogP contribution in [0.15, 0.2) is 12.3 Å². The molecule has 2 aromatic rings. The van der Waals surface area contributed by atoms with E-state index in [1.165, 1.54) is 0 Å². The number of hydrogen-bond donors (Lipinski definition) is 3. The maximum Gasteiger partial charge on any atom is 0.268 e. The van der Waals surface area contributed by atoms with E-state index in [4.69, 9.17) is 5.73 Å². The van der Waals surface area contributed by atoms with Crippen molar-refractivity contribution in [1.29, 1.82) is 0 Å². The third-order valence-electron chi connectivity index (χ3n) is 3.14. The van der Waals surface area contributed by atoms with Crippen molar-refractivity contribution in [2.24, 2.45) is 0 Å². The van der Waals surface area contributed by atoms with Gasteiger partial charge in [0, 0.05) is 12.2 Å². The fraction of sp³-hybridized carbons (Fsp3) is 0.455. The number of rotatable bonds is 4. The van der Waals surface area contributed by atoms with Crippen LogP contribution in [0.4, 0.5) is 5.69 Å². The van der Waals surface area contributed by atoms with E-state index in [-0.39, 0.29) is 11.9 Å². The molecule has 4 N–H and O–H groups in total. The first-order chi connectivity index (χ1) is 9.15. The predicted octanol–water partition coefficient (Wildman–Crippen LogP) is 0.409.